The van der Waals surface area contributed by atoms with Gasteiger partial charge >= 0.3 is 5.97 Å². The fourth-order valence-corrected chi connectivity index (χ4v) is 2.68. The van der Waals surface area contributed by atoms with Crippen LogP contribution in [-0.4, -0.2) is 24.2 Å². The Hall–Kier alpha value is -2.05. The predicted molar refractivity (Wildman–Crippen MR) is 93.1 cm³/mol. The Morgan fingerprint density at radius 1 is 1.25 bits per heavy atom. The molecule has 0 unspecified atom stereocenters. The maximum absolute atomic E-state index is 13.1. The summed E-state index contributed by atoms with van der Waals surface area (Å²) in [4.78, 5) is 25.1. The van der Waals surface area contributed by atoms with Crippen LogP contribution in [0.3, 0.4) is 0 Å². The van der Waals surface area contributed by atoms with Crippen LogP contribution < -0.4 is 5.32 Å². The number of rotatable bonds is 5. The topological polar surface area (TPSA) is 55.4 Å². The van der Waals surface area contributed by atoms with Gasteiger partial charge in [-0.1, -0.05) is 23.7 Å². The zero-order chi connectivity index (χ0) is 17.7. The molecule has 0 bridgehead atoms. The number of carbonyl (C=O) groups excluding carboxylic acids is 2. The van der Waals surface area contributed by atoms with Crippen LogP contribution in [0.25, 0.3) is 0 Å². The molecule has 126 valence electrons. The monoisotopic (exact) mass is 367 g/mol. The Morgan fingerprint density at radius 3 is 2.62 bits per heavy atom. The van der Waals surface area contributed by atoms with Gasteiger partial charge in [0.1, 0.15) is 5.82 Å². The number of nitrogens with one attached hydrogen (secondary N) is 1. The van der Waals surface area contributed by atoms with Crippen molar-refractivity contribution in [2.75, 3.05) is 11.6 Å². The van der Waals surface area contributed by atoms with Crippen molar-refractivity contribution in [1.29, 1.82) is 0 Å². The Labute approximate surface area is 148 Å². The number of benzene rings is 2. The third kappa shape index (κ3) is 4.49. The average Bonchev–Trinajstić information content (AvgIpc) is 2.57. The van der Waals surface area contributed by atoms with E-state index in [4.69, 9.17) is 16.3 Å². The highest BCUT2D eigenvalue weighted by molar-refractivity contribution is 7.98. The maximum atomic E-state index is 13.1. The van der Waals surface area contributed by atoms with Crippen LogP contribution in [0.15, 0.2) is 47.4 Å². The lowest BCUT2D eigenvalue weighted by Crippen LogP contribution is -2.30. The summed E-state index contributed by atoms with van der Waals surface area (Å²) in [7, 11) is 0. The number of amides is 1. The van der Waals surface area contributed by atoms with Crippen LogP contribution in [0, 0.1) is 5.82 Å². The van der Waals surface area contributed by atoms with Crippen molar-refractivity contribution in [3.63, 3.8) is 0 Å². The van der Waals surface area contributed by atoms with E-state index in [1.54, 1.807) is 18.2 Å². The standard InChI is InChI=1S/C17H15ClFNO3S/c1-10(16(21)20-11-7-8-14(19)13(18)9-11)23-17(22)12-5-3-4-6-15(12)24-2/h3-10H,1-2H3,(H,20,21)/t10-/m1/s1. The summed E-state index contributed by atoms with van der Waals surface area (Å²) in [6.07, 6.45) is 0.830. The van der Waals surface area contributed by atoms with E-state index in [1.807, 2.05) is 12.3 Å². The molecular formula is C17H15ClFNO3S. The molecule has 4 nitrogen and oxygen atoms in total. The molecule has 0 aliphatic rings. The highest BCUT2D eigenvalue weighted by Gasteiger charge is 2.21. The summed E-state index contributed by atoms with van der Waals surface area (Å²) in [5, 5.41) is 2.42. The molecule has 0 radical (unpaired) electrons. The molecule has 24 heavy (non-hydrogen) atoms. The first-order valence-electron chi connectivity index (χ1n) is 7.02. The van der Waals surface area contributed by atoms with E-state index >= 15 is 0 Å². The first-order chi connectivity index (χ1) is 11.4. The molecule has 0 saturated carbocycles. The molecule has 0 spiro atoms. The van der Waals surface area contributed by atoms with Crippen LogP contribution in [0.2, 0.25) is 5.02 Å². The van der Waals surface area contributed by atoms with Crippen molar-refractivity contribution >= 4 is 40.9 Å². The average molecular weight is 368 g/mol. The number of anilines is 1. The van der Waals surface area contributed by atoms with Gasteiger partial charge in [-0.05, 0) is 43.5 Å². The number of thioether (sulfide) groups is 1. The van der Waals surface area contributed by atoms with Crippen LogP contribution >= 0.6 is 23.4 Å². The fraction of sp³-hybridized carbons (Fsp3) is 0.176. The molecule has 2 aromatic carbocycles. The smallest absolute Gasteiger partial charge is 0.340 e. The molecule has 7 heteroatoms. The highest BCUT2D eigenvalue weighted by atomic mass is 35.5. The molecular weight excluding hydrogens is 353 g/mol. The molecule has 0 heterocycles. The molecule has 1 amide bonds. The first-order valence-corrected chi connectivity index (χ1v) is 8.62. The quantitative estimate of drug-likeness (QED) is 0.629. The van der Waals surface area contributed by atoms with Crippen LogP contribution in [0.5, 0.6) is 0 Å². The summed E-state index contributed by atoms with van der Waals surface area (Å²) < 4.78 is 18.3. The number of ether oxygens (including phenoxy) is 1. The van der Waals surface area contributed by atoms with E-state index in [0.717, 1.165) is 11.0 Å². The van der Waals surface area contributed by atoms with Gasteiger partial charge in [-0.15, -0.1) is 11.8 Å². The van der Waals surface area contributed by atoms with Gasteiger partial charge < -0.3 is 10.1 Å². The third-order valence-electron chi connectivity index (χ3n) is 3.17. The van der Waals surface area contributed by atoms with E-state index in [0.29, 0.717) is 11.3 Å². The van der Waals surface area contributed by atoms with Crippen LogP contribution in [0.1, 0.15) is 17.3 Å². The van der Waals surface area contributed by atoms with Gasteiger partial charge in [0.25, 0.3) is 5.91 Å². The summed E-state index contributed by atoms with van der Waals surface area (Å²) in [6, 6.07) is 10.8. The SMILES string of the molecule is CSc1ccccc1C(=O)O[C@H](C)C(=O)Nc1ccc(F)c(Cl)c1. The number of hydrogen-bond donors (Lipinski definition) is 1. The van der Waals surface area contributed by atoms with Crippen molar-refractivity contribution in [3.05, 3.63) is 58.9 Å². The Morgan fingerprint density at radius 2 is 1.96 bits per heavy atom. The van der Waals surface area contributed by atoms with Crippen molar-refractivity contribution in [1.82, 2.24) is 0 Å². The lowest BCUT2D eigenvalue weighted by atomic mass is 10.2. The maximum Gasteiger partial charge on any atom is 0.340 e. The Kier molecular flexibility index (Phi) is 6.23. The van der Waals surface area contributed by atoms with Gasteiger partial charge in [-0.25, -0.2) is 9.18 Å². The lowest BCUT2D eigenvalue weighted by molar-refractivity contribution is -0.123. The van der Waals surface area contributed by atoms with Crippen molar-refractivity contribution in [2.45, 2.75) is 17.9 Å². The van der Waals surface area contributed by atoms with Gasteiger partial charge in [0.2, 0.25) is 0 Å². The summed E-state index contributed by atoms with van der Waals surface area (Å²) in [6.45, 7) is 1.46. The molecule has 0 fully saturated rings. The minimum atomic E-state index is -1.02. The van der Waals surface area contributed by atoms with Crippen LogP contribution in [0.4, 0.5) is 10.1 Å². The zero-order valence-corrected chi connectivity index (χ0v) is 14.6. The number of carbonyl (C=O) groups is 2. The normalized spacial score (nSPS) is 11.7. The van der Waals surface area contributed by atoms with E-state index < -0.39 is 23.8 Å². The summed E-state index contributed by atoms with van der Waals surface area (Å²) in [5.41, 5.74) is 0.716. The molecule has 1 atom stereocenters. The van der Waals surface area contributed by atoms with E-state index in [2.05, 4.69) is 5.32 Å². The summed E-state index contributed by atoms with van der Waals surface area (Å²) in [5.74, 6) is -1.70. The second-order valence-corrected chi connectivity index (χ2v) is 6.12. The number of hydrogen-bond acceptors (Lipinski definition) is 4. The molecule has 0 aliphatic heterocycles. The first kappa shape index (κ1) is 18.3. The molecule has 2 rings (SSSR count). The van der Waals surface area contributed by atoms with Crippen molar-refractivity contribution < 1.29 is 18.7 Å². The van der Waals surface area contributed by atoms with Crippen LogP contribution in [-0.2, 0) is 9.53 Å². The van der Waals surface area contributed by atoms with E-state index in [-0.39, 0.29) is 5.02 Å². The van der Waals surface area contributed by atoms with Gasteiger partial charge in [0, 0.05) is 10.6 Å². The fourth-order valence-electron chi connectivity index (χ4n) is 1.91. The Bertz CT molecular complexity index is 769. The van der Waals surface area contributed by atoms with E-state index in [9.17, 15) is 14.0 Å². The molecule has 0 saturated heterocycles. The number of halogens is 2. The van der Waals surface area contributed by atoms with E-state index in [1.165, 1.54) is 30.8 Å². The predicted octanol–water partition coefficient (Wildman–Crippen LogP) is 4.39. The largest absolute Gasteiger partial charge is 0.449 e. The second kappa shape index (κ2) is 8.17. The van der Waals surface area contributed by atoms with Crippen molar-refractivity contribution in [2.24, 2.45) is 0 Å². The minimum Gasteiger partial charge on any atom is -0.449 e. The second-order valence-electron chi connectivity index (χ2n) is 4.87. The van der Waals surface area contributed by atoms with Gasteiger partial charge in [0.05, 0.1) is 10.6 Å². The van der Waals surface area contributed by atoms with Gasteiger partial charge in [-0.3, -0.25) is 4.79 Å². The number of esters is 1. The lowest BCUT2D eigenvalue weighted by Gasteiger charge is -2.14. The molecule has 0 aliphatic carbocycles. The van der Waals surface area contributed by atoms with Crippen molar-refractivity contribution in [3.8, 4) is 0 Å². The molecule has 0 aromatic heterocycles. The molecule has 1 N–H and O–H groups in total. The highest BCUT2D eigenvalue weighted by Crippen LogP contribution is 2.22. The zero-order valence-electron chi connectivity index (χ0n) is 13.0. The third-order valence-corrected chi connectivity index (χ3v) is 4.25. The van der Waals surface area contributed by atoms with Gasteiger partial charge in [0.15, 0.2) is 6.10 Å². The Balaban J connectivity index is 2.03. The minimum absolute atomic E-state index is 0.105. The summed E-state index contributed by atoms with van der Waals surface area (Å²) >= 11 is 7.07. The van der Waals surface area contributed by atoms with Gasteiger partial charge in [-0.2, -0.15) is 0 Å². The molecule has 2 aromatic rings.